The fraction of sp³-hybridized carbons (Fsp3) is 0.750. The molecule has 0 fully saturated rings. The lowest BCUT2D eigenvalue weighted by atomic mass is 9.98. The number of rotatable bonds is 2. The van der Waals surface area contributed by atoms with E-state index < -0.39 is 17.2 Å². The molecule has 0 amide bonds. The summed E-state index contributed by atoms with van der Waals surface area (Å²) in [5.41, 5.74) is -1.89. The van der Waals surface area contributed by atoms with E-state index >= 15 is 0 Å². The molecule has 0 spiro atoms. The van der Waals surface area contributed by atoms with Crippen molar-refractivity contribution >= 4 is 11.7 Å². The number of carbonyl (C=O) groups is 1. The van der Waals surface area contributed by atoms with Crippen LogP contribution in [0.25, 0.3) is 0 Å². The molecule has 1 heterocycles. The second kappa shape index (κ2) is 2.76. The molecule has 1 N–H and O–H groups in total. The maximum Gasteiger partial charge on any atom is 0.352 e. The molecular weight excluding hydrogens is 186 g/mol. The summed E-state index contributed by atoms with van der Waals surface area (Å²) in [7, 11) is 0. The van der Waals surface area contributed by atoms with Crippen molar-refractivity contribution in [2.75, 3.05) is 0 Å². The Hall–Kier alpha value is -1.46. The fourth-order valence-electron chi connectivity index (χ4n) is 1.75. The Bertz CT molecular complexity index is 320. The lowest BCUT2D eigenvalue weighted by molar-refractivity contribution is -0.129. The summed E-state index contributed by atoms with van der Waals surface area (Å²) in [5, 5.41) is 12.9. The van der Waals surface area contributed by atoms with E-state index in [1.165, 1.54) is 0 Å². The number of aliphatic carboxylic acids is 1. The standard InChI is InChI=1S/C8H13N3O3/c1-7(2)5(6(12)13)9-8(3,4)11(7)10-14/h1-4H3,(H,12,13). The molecule has 14 heavy (non-hydrogen) atoms. The van der Waals surface area contributed by atoms with Crippen molar-refractivity contribution in [3.8, 4) is 0 Å². The van der Waals surface area contributed by atoms with E-state index in [2.05, 4.69) is 10.3 Å². The number of nitroso groups, excluding NO2 is 1. The van der Waals surface area contributed by atoms with Gasteiger partial charge in [-0.3, -0.25) is 4.99 Å². The topological polar surface area (TPSA) is 82.3 Å². The third-order valence-corrected chi connectivity index (χ3v) is 2.30. The van der Waals surface area contributed by atoms with Gasteiger partial charge >= 0.3 is 5.97 Å². The predicted molar refractivity (Wildman–Crippen MR) is 50.9 cm³/mol. The molecule has 0 saturated carbocycles. The van der Waals surface area contributed by atoms with Crippen LogP contribution in [-0.2, 0) is 4.79 Å². The van der Waals surface area contributed by atoms with Crippen LogP contribution in [0.4, 0.5) is 0 Å². The van der Waals surface area contributed by atoms with Crippen LogP contribution in [0.15, 0.2) is 10.3 Å². The SMILES string of the molecule is CC1(C)N=C(C(=O)O)C(C)(C)N1N=O. The molecule has 0 aliphatic carbocycles. The highest BCUT2D eigenvalue weighted by Crippen LogP contribution is 2.35. The smallest absolute Gasteiger partial charge is 0.352 e. The van der Waals surface area contributed by atoms with Crippen LogP contribution >= 0.6 is 0 Å². The molecule has 0 bridgehead atoms. The average Bonchev–Trinajstić information content (AvgIpc) is 2.17. The predicted octanol–water partition coefficient (Wildman–Crippen LogP) is 1.02. The first-order valence-corrected chi connectivity index (χ1v) is 4.20. The Morgan fingerprint density at radius 3 is 2.14 bits per heavy atom. The van der Waals surface area contributed by atoms with Crippen LogP contribution in [0.5, 0.6) is 0 Å². The zero-order valence-corrected chi connectivity index (χ0v) is 8.61. The minimum absolute atomic E-state index is 0.0397. The van der Waals surface area contributed by atoms with Gasteiger partial charge in [-0.15, -0.1) is 4.91 Å². The van der Waals surface area contributed by atoms with Gasteiger partial charge in [0.2, 0.25) is 0 Å². The van der Waals surface area contributed by atoms with E-state index in [0.717, 1.165) is 5.01 Å². The Morgan fingerprint density at radius 1 is 1.43 bits per heavy atom. The van der Waals surface area contributed by atoms with Gasteiger partial charge < -0.3 is 5.11 Å². The molecule has 6 heteroatoms. The molecule has 0 atom stereocenters. The van der Waals surface area contributed by atoms with Gasteiger partial charge in [0, 0.05) is 0 Å². The van der Waals surface area contributed by atoms with Crippen LogP contribution in [-0.4, -0.2) is 33.0 Å². The number of carboxylic acids is 1. The maximum absolute atomic E-state index is 10.9. The molecule has 1 rings (SSSR count). The number of aliphatic imine (C=N–C) groups is 1. The van der Waals surface area contributed by atoms with Gasteiger partial charge in [-0.1, -0.05) is 0 Å². The number of hydrogen-bond acceptors (Lipinski definition) is 4. The molecule has 1 aliphatic rings. The zero-order chi connectivity index (χ0) is 11.1. The largest absolute Gasteiger partial charge is 0.477 e. The van der Waals surface area contributed by atoms with Crippen molar-refractivity contribution in [3.05, 3.63) is 4.91 Å². The molecule has 1 aliphatic heterocycles. The van der Waals surface area contributed by atoms with E-state index in [1.54, 1.807) is 27.7 Å². The third-order valence-electron chi connectivity index (χ3n) is 2.30. The van der Waals surface area contributed by atoms with E-state index in [4.69, 9.17) is 5.11 Å². The monoisotopic (exact) mass is 199 g/mol. The minimum atomic E-state index is -1.12. The van der Waals surface area contributed by atoms with E-state index in [0.29, 0.717) is 0 Å². The summed E-state index contributed by atoms with van der Waals surface area (Å²) < 4.78 is 0. The second-order valence-electron chi connectivity index (χ2n) is 4.21. The van der Waals surface area contributed by atoms with Crippen molar-refractivity contribution < 1.29 is 9.90 Å². The van der Waals surface area contributed by atoms with Gasteiger partial charge in [-0.25, -0.2) is 9.80 Å². The lowest BCUT2D eigenvalue weighted by Gasteiger charge is -2.33. The second-order valence-corrected chi connectivity index (χ2v) is 4.21. The van der Waals surface area contributed by atoms with Crippen molar-refractivity contribution in [2.45, 2.75) is 38.9 Å². The summed E-state index contributed by atoms with van der Waals surface area (Å²) in [5.74, 6) is -1.12. The summed E-state index contributed by atoms with van der Waals surface area (Å²) in [4.78, 5) is 25.5. The first-order valence-electron chi connectivity index (χ1n) is 4.20. The Morgan fingerprint density at radius 2 is 1.93 bits per heavy atom. The fourth-order valence-corrected chi connectivity index (χ4v) is 1.75. The third kappa shape index (κ3) is 1.26. The summed E-state index contributed by atoms with van der Waals surface area (Å²) in [6, 6.07) is 0. The Kier molecular flexibility index (Phi) is 2.10. The molecule has 0 unspecified atom stereocenters. The highest BCUT2D eigenvalue weighted by Gasteiger charge is 2.50. The van der Waals surface area contributed by atoms with Crippen molar-refractivity contribution in [2.24, 2.45) is 10.3 Å². The van der Waals surface area contributed by atoms with Gasteiger partial charge in [-0.2, -0.15) is 0 Å². The molecule has 78 valence electrons. The van der Waals surface area contributed by atoms with Crippen LogP contribution in [0, 0.1) is 4.91 Å². The summed E-state index contributed by atoms with van der Waals surface area (Å²) in [6.45, 7) is 6.50. The zero-order valence-electron chi connectivity index (χ0n) is 8.61. The molecule has 0 radical (unpaired) electrons. The van der Waals surface area contributed by atoms with E-state index in [1.807, 2.05) is 0 Å². The van der Waals surface area contributed by atoms with Crippen LogP contribution < -0.4 is 0 Å². The first-order chi connectivity index (χ1) is 6.23. The maximum atomic E-state index is 10.9. The molecule has 0 aromatic rings. The minimum Gasteiger partial charge on any atom is -0.477 e. The molecule has 6 nitrogen and oxygen atoms in total. The Labute approximate surface area is 81.6 Å². The number of hydrogen-bond donors (Lipinski definition) is 1. The van der Waals surface area contributed by atoms with E-state index in [-0.39, 0.29) is 5.71 Å². The summed E-state index contributed by atoms with van der Waals surface area (Å²) >= 11 is 0. The first kappa shape index (κ1) is 10.6. The van der Waals surface area contributed by atoms with Crippen molar-refractivity contribution in [1.82, 2.24) is 5.01 Å². The van der Waals surface area contributed by atoms with Crippen LogP contribution in [0.3, 0.4) is 0 Å². The van der Waals surface area contributed by atoms with Gasteiger partial charge in [-0.05, 0) is 27.7 Å². The van der Waals surface area contributed by atoms with Gasteiger partial charge in [0.05, 0.1) is 5.29 Å². The average molecular weight is 199 g/mol. The van der Waals surface area contributed by atoms with Gasteiger partial charge in [0.15, 0.2) is 0 Å². The molecule has 0 aromatic heterocycles. The molecule has 0 saturated heterocycles. The van der Waals surface area contributed by atoms with Gasteiger partial charge in [0.25, 0.3) is 0 Å². The number of carboxylic acid groups (broad SMARTS) is 1. The van der Waals surface area contributed by atoms with Crippen molar-refractivity contribution in [1.29, 1.82) is 0 Å². The molecule has 0 aromatic carbocycles. The van der Waals surface area contributed by atoms with Gasteiger partial charge in [0.1, 0.15) is 16.9 Å². The number of nitrogens with zero attached hydrogens (tertiary/aromatic N) is 3. The van der Waals surface area contributed by atoms with E-state index in [9.17, 15) is 9.70 Å². The quantitative estimate of drug-likeness (QED) is 0.673. The van der Waals surface area contributed by atoms with Crippen LogP contribution in [0.2, 0.25) is 0 Å². The summed E-state index contributed by atoms with van der Waals surface area (Å²) in [6.07, 6.45) is 0. The van der Waals surface area contributed by atoms with Crippen molar-refractivity contribution in [3.63, 3.8) is 0 Å². The highest BCUT2D eigenvalue weighted by molar-refractivity contribution is 6.39. The normalized spacial score (nSPS) is 23.1. The van der Waals surface area contributed by atoms with Crippen LogP contribution in [0.1, 0.15) is 27.7 Å². The molecular formula is C8H13N3O3. The lowest BCUT2D eigenvalue weighted by Crippen LogP contribution is -2.50. The highest BCUT2D eigenvalue weighted by atomic mass is 16.4. The Balaban J connectivity index is 3.24.